The van der Waals surface area contributed by atoms with Gasteiger partial charge in [0.2, 0.25) is 0 Å². The molecule has 1 aliphatic carbocycles. The van der Waals surface area contributed by atoms with Gasteiger partial charge in [0.05, 0.1) is 11.1 Å². The molecule has 4 heteroatoms. The number of nitrogens with one attached hydrogen (secondary N) is 1. The standard InChI is InChI=1S/C13H20N2OS/c1-2-6-16-11(3-1)7-13-15-9-12(17-13)8-14-10-4-5-10/h9-11,14H,1-8H2. The van der Waals surface area contributed by atoms with E-state index in [2.05, 4.69) is 10.3 Å². The summed E-state index contributed by atoms with van der Waals surface area (Å²) in [6.07, 6.45) is 9.89. The molecule has 0 bridgehead atoms. The molecular weight excluding hydrogens is 232 g/mol. The average molecular weight is 252 g/mol. The van der Waals surface area contributed by atoms with Crippen LogP contribution in [0.2, 0.25) is 0 Å². The SMILES string of the molecule is c1nc(CC2CCCCO2)sc1CNC1CC1. The lowest BCUT2D eigenvalue weighted by Crippen LogP contribution is -2.21. The van der Waals surface area contributed by atoms with Crippen molar-refractivity contribution in [1.82, 2.24) is 10.3 Å². The highest BCUT2D eigenvalue weighted by Gasteiger charge is 2.21. The predicted molar refractivity (Wildman–Crippen MR) is 69.3 cm³/mol. The molecule has 2 aliphatic rings. The van der Waals surface area contributed by atoms with Gasteiger partial charge < -0.3 is 10.1 Å². The maximum Gasteiger partial charge on any atom is 0.0954 e. The fourth-order valence-corrected chi connectivity index (χ4v) is 3.16. The topological polar surface area (TPSA) is 34.1 Å². The van der Waals surface area contributed by atoms with Crippen molar-refractivity contribution >= 4 is 11.3 Å². The smallest absolute Gasteiger partial charge is 0.0954 e. The van der Waals surface area contributed by atoms with Gasteiger partial charge in [0, 0.05) is 36.7 Å². The molecule has 1 atom stereocenters. The summed E-state index contributed by atoms with van der Waals surface area (Å²) in [5.74, 6) is 0. The number of nitrogens with zero attached hydrogens (tertiary/aromatic N) is 1. The lowest BCUT2D eigenvalue weighted by atomic mass is 10.1. The van der Waals surface area contributed by atoms with E-state index in [-0.39, 0.29) is 0 Å². The summed E-state index contributed by atoms with van der Waals surface area (Å²) < 4.78 is 5.75. The van der Waals surface area contributed by atoms with Crippen LogP contribution >= 0.6 is 11.3 Å². The van der Waals surface area contributed by atoms with E-state index in [0.29, 0.717) is 6.10 Å². The maximum absolute atomic E-state index is 5.75. The van der Waals surface area contributed by atoms with Gasteiger partial charge in [-0.05, 0) is 32.1 Å². The van der Waals surface area contributed by atoms with Crippen molar-refractivity contribution in [2.75, 3.05) is 6.61 Å². The molecule has 2 fully saturated rings. The van der Waals surface area contributed by atoms with E-state index in [1.807, 2.05) is 17.5 Å². The number of ether oxygens (including phenoxy) is 1. The van der Waals surface area contributed by atoms with Gasteiger partial charge in [0.25, 0.3) is 0 Å². The maximum atomic E-state index is 5.75. The largest absolute Gasteiger partial charge is 0.378 e. The Labute approximate surface area is 107 Å². The highest BCUT2D eigenvalue weighted by molar-refractivity contribution is 7.11. The third-order valence-corrected chi connectivity index (χ3v) is 4.44. The molecule has 17 heavy (non-hydrogen) atoms. The Morgan fingerprint density at radius 1 is 1.35 bits per heavy atom. The number of hydrogen-bond donors (Lipinski definition) is 1. The van der Waals surface area contributed by atoms with E-state index in [0.717, 1.165) is 25.6 Å². The van der Waals surface area contributed by atoms with E-state index >= 15 is 0 Å². The molecular formula is C13H20N2OS. The van der Waals surface area contributed by atoms with Crippen molar-refractivity contribution in [2.45, 2.75) is 57.2 Å². The van der Waals surface area contributed by atoms with Gasteiger partial charge in [-0.25, -0.2) is 4.98 Å². The fraction of sp³-hybridized carbons (Fsp3) is 0.769. The Hall–Kier alpha value is -0.450. The van der Waals surface area contributed by atoms with Crippen LogP contribution in [0, 0.1) is 0 Å². The van der Waals surface area contributed by atoms with Crippen molar-refractivity contribution in [3.05, 3.63) is 16.1 Å². The molecule has 1 saturated carbocycles. The van der Waals surface area contributed by atoms with Crippen LogP contribution in [0.1, 0.15) is 42.0 Å². The summed E-state index contributed by atoms with van der Waals surface area (Å²) in [6, 6.07) is 0.780. The van der Waals surface area contributed by atoms with Crippen LogP contribution < -0.4 is 5.32 Å². The average Bonchev–Trinajstić information content (AvgIpc) is 3.09. The summed E-state index contributed by atoms with van der Waals surface area (Å²) in [5.41, 5.74) is 0. The number of aromatic nitrogens is 1. The highest BCUT2D eigenvalue weighted by atomic mass is 32.1. The molecule has 1 aromatic heterocycles. The van der Waals surface area contributed by atoms with Crippen LogP contribution in [0.3, 0.4) is 0 Å². The van der Waals surface area contributed by atoms with E-state index in [1.54, 1.807) is 0 Å². The van der Waals surface area contributed by atoms with E-state index in [1.165, 1.54) is 42.0 Å². The minimum absolute atomic E-state index is 0.416. The van der Waals surface area contributed by atoms with Gasteiger partial charge in [-0.2, -0.15) is 0 Å². The van der Waals surface area contributed by atoms with Gasteiger partial charge in [-0.3, -0.25) is 0 Å². The van der Waals surface area contributed by atoms with Crippen LogP contribution in [0.4, 0.5) is 0 Å². The lowest BCUT2D eigenvalue weighted by Gasteiger charge is -2.21. The molecule has 1 unspecified atom stereocenters. The molecule has 1 saturated heterocycles. The van der Waals surface area contributed by atoms with E-state index < -0.39 is 0 Å². The van der Waals surface area contributed by atoms with Crippen LogP contribution in [0.15, 0.2) is 6.20 Å². The molecule has 94 valence electrons. The van der Waals surface area contributed by atoms with Crippen LogP contribution in [0.5, 0.6) is 0 Å². The summed E-state index contributed by atoms with van der Waals surface area (Å²) in [4.78, 5) is 5.87. The Morgan fingerprint density at radius 2 is 2.29 bits per heavy atom. The second kappa shape index (κ2) is 5.46. The highest BCUT2D eigenvalue weighted by Crippen LogP contribution is 2.23. The third-order valence-electron chi connectivity index (χ3n) is 3.42. The summed E-state index contributed by atoms with van der Waals surface area (Å²) in [6.45, 7) is 1.93. The van der Waals surface area contributed by atoms with Crippen molar-refractivity contribution in [2.24, 2.45) is 0 Å². The van der Waals surface area contributed by atoms with Gasteiger partial charge in [0.15, 0.2) is 0 Å². The molecule has 2 heterocycles. The van der Waals surface area contributed by atoms with Gasteiger partial charge in [-0.1, -0.05) is 0 Å². The first kappa shape index (κ1) is 11.6. The van der Waals surface area contributed by atoms with Crippen molar-refractivity contribution in [1.29, 1.82) is 0 Å². The summed E-state index contributed by atoms with van der Waals surface area (Å²) in [7, 11) is 0. The predicted octanol–water partition coefficient (Wildman–Crippen LogP) is 2.51. The van der Waals surface area contributed by atoms with E-state index in [4.69, 9.17) is 4.74 Å². The first-order valence-electron chi connectivity index (χ1n) is 6.69. The van der Waals surface area contributed by atoms with Crippen molar-refractivity contribution < 1.29 is 4.74 Å². The Kier molecular flexibility index (Phi) is 3.74. The summed E-state index contributed by atoms with van der Waals surface area (Å²) in [5, 5.41) is 4.77. The lowest BCUT2D eigenvalue weighted by molar-refractivity contribution is 0.0168. The molecule has 0 radical (unpaired) electrons. The van der Waals surface area contributed by atoms with Crippen molar-refractivity contribution in [3.63, 3.8) is 0 Å². The molecule has 1 aliphatic heterocycles. The Morgan fingerprint density at radius 3 is 3.06 bits per heavy atom. The molecule has 1 N–H and O–H groups in total. The van der Waals surface area contributed by atoms with E-state index in [9.17, 15) is 0 Å². The molecule has 0 aromatic carbocycles. The monoisotopic (exact) mass is 252 g/mol. The number of hydrogen-bond acceptors (Lipinski definition) is 4. The Bertz CT molecular complexity index is 356. The minimum Gasteiger partial charge on any atom is -0.378 e. The fourth-order valence-electron chi connectivity index (χ4n) is 2.22. The van der Waals surface area contributed by atoms with Crippen LogP contribution in [-0.4, -0.2) is 23.7 Å². The zero-order valence-electron chi connectivity index (χ0n) is 10.2. The molecule has 3 rings (SSSR count). The Balaban J connectivity index is 1.48. The van der Waals surface area contributed by atoms with Crippen LogP contribution in [0.25, 0.3) is 0 Å². The first-order chi connectivity index (χ1) is 8.40. The zero-order chi connectivity index (χ0) is 11.5. The normalized spacial score (nSPS) is 25.1. The second-order valence-electron chi connectivity index (χ2n) is 5.07. The first-order valence-corrected chi connectivity index (χ1v) is 7.50. The molecule has 0 spiro atoms. The quantitative estimate of drug-likeness (QED) is 0.874. The second-order valence-corrected chi connectivity index (χ2v) is 6.27. The number of thiazole rings is 1. The van der Waals surface area contributed by atoms with Gasteiger partial charge >= 0.3 is 0 Å². The molecule has 1 aromatic rings. The third kappa shape index (κ3) is 3.50. The summed E-state index contributed by atoms with van der Waals surface area (Å²) >= 11 is 1.84. The number of rotatable bonds is 5. The van der Waals surface area contributed by atoms with Gasteiger partial charge in [0.1, 0.15) is 0 Å². The minimum atomic E-state index is 0.416. The van der Waals surface area contributed by atoms with Crippen molar-refractivity contribution in [3.8, 4) is 0 Å². The molecule has 0 amide bonds. The molecule has 3 nitrogen and oxygen atoms in total. The van der Waals surface area contributed by atoms with Crippen LogP contribution in [-0.2, 0) is 17.7 Å². The zero-order valence-corrected chi connectivity index (χ0v) is 11.0. The van der Waals surface area contributed by atoms with Gasteiger partial charge in [-0.15, -0.1) is 11.3 Å².